The molecule has 23 heavy (non-hydrogen) atoms. The molecule has 0 unspecified atom stereocenters. The van der Waals surface area contributed by atoms with E-state index >= 15 is 0 Å². The van der Waals surface area contributed by atoms with Gasteiger partial charge in [0.15, 0.2) is 0 Å². The van der Waals surface area contributed by atoms with E-state index in [1.807, 2.05) is 36.4 Å². The minimum absolute atomic E-state index is 0.0835. The first-order valence-electron chi connectivity index (χ1n) is 7.54. The van der Waals surface area contributed by atoms with E-state index in [-0.39, 0.29) is 6.61 Å². The molecule has 2 heterocycles. The number of rotatable bonds is 4. The molecule has 4 aromatic rings. The molecular weight excluding hydrogens is 288 g/mol. The zero-order valence-electron chi connectivity index (χ0n) is 12.5. The lowest BCUT2D eigenvalue weighted by Gasteiger charge is -2.03. The number of H-pyrrole nitrogens is 1. The van der Waals surface area contributed by atoms with Crippen molar-refractivity contribution in [1.82, 2.24) is 10.2 Å². The van der Waals surface area contributed by atoms with Crippen molar-refractivity contribution < 1.29 is 9.52 Å². The van der Waals surface area contributed by atoms with E-state index in [4.69, 9.17) is 9.52 Å². The highest BCUT2D eigenvalue weighted by Crippen LogP contribution is 2.25. The molecule has 2 N–H and O–H groups in total. The van der Waals surface area contributed by atoms with Gasteiger partial charge in [-0.05, 0) is 29.8 Å². The lowest BCUT2D eigenvalue weighted by Crippen LogP contribution is -1.90. The summed E-state index contributed by atoms with van der Waals surface area (Å²) in [7, 11) is 0. The van der Waals surface area contributed by atoms with Gasteiger partial charge in [-0.25, -0.2) is 0 Å². The van der Waals surface area contributed by atoms with Crippen LogP contribution in [0.1, 0.15) is 17.0 Å². The van der Waals surface area contributed by atoms with Crippen molar-refractivity contribution in [1.29, 1.82) is 0 Å². The van der Waals surface area contributed by atoms with Gasteiger partial charge in [0.1, 0.15) is 18.1 Å². The molecule has 4 nitrogen and oxygen atoms in total. The summed E-state index contributed by atoms with van der Waals surface area (Å²) in [6.45, 7) is -0.0835. The average Bonchev–Trinajstić information content (AvgIpc) is 3.23. The quantitative estimate of drug-likeness (QED) is 0.601. The summed E-state index contributed by atoms with van der Waals surface area (Å²) < 4.78 is 5.61. The number of fused-ring (bicyclic) bond motifs is 1. The molecule has 0 radical (unpaired) electrons. The maximum absolute atomic E-state index is 9.12. The van der Waals surface area contributed by atoms with E-state index in [9.17, 15) is 0 Å². The van der Waals surface area contributed by atoms with Crippen molar-refractivity contribution in [2.45, 2.75) is 13.0 Å². The molecule has 0 amide bonds. The highest BCUT2D eigenvalue weighted by molar-refractivity contribution is 5.81. The van der Waals surface area contributed by atoms with Crippen molar-refractivity contribution in [3.8, 4) is 11.3 Å². The van der Waals surface area contributed by atoms with Gasteiger partial charge in [-0.15, -0.1) is 0 Å². The number of nitrogens with zero attached hydrogens (tertiary/aromatic N) is 1. The zero-order chi connectivity index (χ0) is 15.6. The third kappa shape index (κ3) is 2.64. The summed E-state index contributed by atoms with van der Waals surface area (Å²) in [6.07, 6.45) is 0.780. The summed E-state index contributed by atoms with van der Waals surface area (Å²) >= 11 is 0. The van der Waals surface area contributed by atoms with Gasteiger partial charge in [0.2, 0.25) is 0 Å². The number of aromatic amines is 1. The number of benzene rings is 2. The first kappa shape index (κ1) is 13.8. The molecule has 0 aliphatic rings. The summed E-state index contributed by atoms with van der Waals surface area (Å²) in [5.74, 6) is 1.34. The molecule has 4 rings (SSSR count). The lowest BCUT2D eigenvalue weighted by molar-refractivity contribution is 0.248. The molecule has 0 fully saturated rings. The molecule has 0 bridgehead atoms. The van der Waals surface area contributed by atoms with Crippen molar-refractivity contribution in [3.05, 3.63) is 77.7 Å². The minimum Gasteiger partial charge on any atom is -0.459 e. The van der Waals surface area contributed by atoms with Crippen LogP contribution in [0.2, 0.25) is 0 Å². The van der Waals surface area contributed by atoms with Crippen molar-refractivity contribution >= 4 is 10.9 Å². The Balaban J connectivity index is 1.66. The summed E-state index contributed by atoms with van der Waals surface area (Å²) in [4.78, 5) is 0. The second-order valence-corrected chi connectivity index (χ2v) is 5.52. The monoisotopic (exact) mass is 304 g/mol. The Kier molecular flexibility index (Phi) is 3.44. The molecule has 0 aliphatic carbocycles. The largest absolute Gasteiger partial charge is 0.459 e. The van der Waals surface area contributed by atoms with Crippen LogP contribution in [0.25, 0.3) is 22.2 Å². The topological polar surface area (TPSA) is 62.0 Å². The summed E-state index contributed by atoms with van der Waals surface area (Å²) in [5, 5.41) is 17.7. The van der Waals surface area contributed by atoms with Gasteiger partial charge in [0.25, 0.3) is 0 Å². The Morgan fingerprint density at radius 3 is 2.78 bits per heavy atom. The molecule has 2 aromatic heterocycles. The molecule has 4 heteroatoms. The van der Waals surface area contributed by atoms with Crippen LogP contribution in [0.4, 0.5) is 0 Å². The van der Waals surface area contributed by atoms with Crippen molar-refractivity contribution in [2.24, 2.45) is 0 Å². The maximum Gasteiger partial charge on any atom is 0.134 e. The highest BCUT2D eigenvalue weighted by atomic mass is 16.4. The number of nitrogens with one attached hydrogen (secondary N) is 1. The predicted octanol–water partition coefficient (Wildman–Crippen LogP) is 3.91. The first-order valence-corrected chi connectivity index (χ1v) is 7.54. The van der Waals surface area contributed by atoms with Gasteiger partial charge in [0.05, 0.1) is 5.52 Å². The van der Waals surface area contributed by atoms with Gasteiger partial charge in [-0.3, -0.25) is 5.10 Å². The Morgan fingerprint density at radius 1 is 1.00 bits per heavy atom. The number of aromatic nitrogens is 2. The molecule has 0 spiro atoms. The Hall–Kier alpha value is -2.85. The van der Waals surface area contributed by atoms with Crippen molar-refractivity contribution in [3.63, 3.8) is 0 Å². The van der Waals surface area contributed by atoms with Crippen LogP contribution >= 0.6 is 0 Å². The number of para-hydroxylation sites is 1. The fraction of sp³-hybridized carbons (Fsp3) is 0.105. The fourth-order valence-electron chi connectivity index (χ4n) is 2.81. The van der Waals surface area contributed by atoms with Crippen LogP contribution in [0.15, 0.2) is 65.1 Å². The SMILES string of the molecule is OCc1ccc(-c2cccc(Cc3[nH]nc4ccccc34)c2)o1. The van der Waals surface area contributed by atoms with E-state index in [0.29, 0.717) is 5.76 Å². The Labute approximate surface area is 133 Å². The minimum atomic E-state index is -0.0835. The molecule has 2 aromatic carbocycles. The molecular formula is C19H16N2O2. The van der Waals surface area contributed by atoms with Crippen LogP contribution in [-0.4, -0.2) is 15.3 Å². The number of hydrogen-bond acceptors (Lipinski definition) is 3. The van der Waals surface area contributed by atoms with Gasteiger partial charge in [-0.1, -0.05) is 36.4 Å². The normalized spacial score (nSPS) is 11.2. The van der Waals surface area contributed by atoms with Gasteiger partial charge in [-0.2, -0.15) is 5.10 Å². The maximum atomic E-state index is 9.12. The number of hydrogen-bond donors (Lipinski definition) is 2. The van der Waals surface area contributed by atoms with Crippen molar-refractivity contribution in [2.75, 3.05) is 0 Å². The number of aliphatic hydroxyl groups is 1. The van der Waals surface area contributed by atoms with Crippen LogP contribution < -0.4 is 0 Å². The molecule has 0 aliphatic heterocycles. The molecule has 0 saturated heterocycles. The average molecular weight is 304 g/mol. The third-order valence-corrected chi connectivity index (χ3v) is 3.95. The summed E-state index contributed by atoms with van der Waals surface area (Å²) in [6, 6.07) is 20.0. The predicted molar refractivity (Wildman–Crippen MR) is 89.0 cm³/mol. The Bertz CT molecular complexity index is 953. The van der Waals surface area contributed by atoms with E-state index < -0.39 is 0 Å². The van der Waals surface area contributed by atoms with E-state index in [0.717, 1.165) is 34.3 Å². The third-order valence-electron chi connectivity index (χ3n) is 3.95. The molecule has 0 atom stereocenters. The standard InChI is InChI=1S/C19H16N2O2/c22-12-15-8-9-19(23-15)14-5-3-4-13(10-14)11-18-16-6-1-2-7-17(16)20-21-18/h1-10,22H,11-12H2,(H,20,21). The highest BCUT2D eigenvalue weighted by Gasteiger charge is 2.08. The number of aliphatic hydroxyl groups excluding tert-OH is 1. The van der Waals surface area contributed by atoms with E-state index in [2.05, 4.69) is 28.4 Å². The van der Waals surface area contributed by atoms with Crippen LogP contribution in [0.5, 0.6) is 0 Å². The molecule has 114 valence electrons. The van der Waals surface area contributed by atoms with Gasteiger partial charge in [0, 0.05) is 23.1 Å². The first-order chi connectivity index (χ1) is 11.3. The second-order valence-electron chi connectivity index (χ2n) is 5.52. The van der Waals surface area contributed by atoms with Gasteiger partial charge < -0.3 is 9.52 Å². The second kappa shape index (κ2) is 5.74. The van der Waals surface area contributed by atoms with E-state index in [1.54, 1.807) is 6.07 Å². The van der Waals surface area contributed by atoms with Gasteiger partial charge >= 0.3 is 0 Å². The van der Waals surface area contributed by atoms with E-state index in [1.165, 1.54) is 5.56 Å². The molecule has 0 saturated carbocycles. The number of furan rings is 1. The van der Waals surface area contributed by atoms with Crippen LogP contribution in [0, 0.1) is 0 Å². The fourth-order valence-corrected chi connectivity index (χ4v) is 2.81. The van der Waals surface area contributed by atoms with Crippen LogP contribution in [0.3, 0.4) is 0 Å². The zero-order valence-corrected chi connectivity index (χ0v) is 12.5. The lowest BCUT2D eigenvalue weighted by atomic mass is 10.0. The van der Waals surface area contributed by atoms with Crippen LogP contribution in [-0.2, 0) is 13.0 Å². The Morgan fingerprint density at radius 2 is 1.91 bits per heavy atom. The summed E-state index contributed by atoms with van der Waals surface area (Å²) in [5.41, 5.74) is 4.27. The smallest absolute Gasteiger partial charge is 0.134 e.